The molecule has 1 atom stereocenters. The number of ether oxygens (including phenoxy) is 1. The van der Waals surface area contributed by atoms with Crippen molar-refractivity contribution in [2.75, 3.05) is 33.8 Å². The van der Waals surface area contributed by atoms with Gasteiger partial charge >= 0.3 is 0 Å². The van der Waals surface area contributed by atoms with Gasteiger partial charge in [0.05, 0.1) is 0 Å². The monoisotopic (exact) mass is 264 g/mol. The first-order valence-electron chi connectivity index (χ1n) is 7.20. The van der Waals surface area contributed by atoms with E-state index >= 15 is 0 Å². The average molecular weight is 264 g/mol. The molecule has 0 aromatic heterocycles. The van der Waals surface area contributed by atoms with Crippen LogP contribution in [0.15, 0.2) is 24.3 Å². The molecule has 1 rings (SSSR count). The number of hydrogen-bond donors (Lipinski definition) is 1. The van der Waals surface area contributed by atoms with Gasteiger partial charge in [-0.05, 0) is 37.7 Å². The Hall–Kier alpha value is -1.06. The molecule has 1 N–H and O–H groups in total. The Labute approximate surface area is 118 Å². The zero-order valence-corrected chi connectivity index (χ0v) is 12.8. The van der Waals surface area contributed by atoms with Gasteiger partial charge in [-0.25, -0.2) is 0 Å². The Morgan fingerprint density at radius 3 is 2.84 bits per heavy atom. The fourth-order valence-electron chi connectivity index (χ4n) is 2.02. The Morgan fingerprint density at radius 1 is 1.37 bits per heavy atom. The highest BCUT2D eigenvalue weighted by Gasteiger charge is 2.04. The third kappa shape index (κ3) is 6.60. The molecular formula is C16H28N2O. The van der Waals surface area contributed by atoms with Crippen molar-refractivity contribution < 1.29 is 4.74 Å². The highest BCUT2D eigenvalue weighted by molar-refractivity contribution is 5.28. The second-order valence-corrected chi connectivity index (χ2v) is 5.30. The summed E-state index contributed by atoms with van der Waals surface area (Å²) in [6.45, 7) is 8.27. The van der Waals surface area contributed by atoms with Crippen LogP contribution in [0.4, 0.5) is 0 Å². The summed E-state index contributed by atoms with van der Waals surface area (Å²) in [4.78, 5) is 2.34. The number of rotatable bonds is 9. The smallest absolute Gasteiger partial charge is 0.119 e. The standard InChI is InChI=1S/C16H28N2O/c1-5-14(2)13-18(4)9-10-19-16-8-6-7-15(11-16)12-17-3/h6-8,11,14,17H,5,9-10,12-13H2,1-4H3. The van der Waals surface area contributed by atoms with Crippen molar-refractivity contribution in [3.8, 4) is 5.75 Å². The second kappa shape index (κ2) is 8.94. The molecule has 0 aliphatic rings. The first-order chi connectivity index (χ1) is 9.15. The lowest BCUT2D eigenvalue weighted by Gasteiger charge is -2.20. The summed E-state index contributed by atoms with van der Waals surface area (Å²) in [7, 11) is 4.12. The van der Waals surface area contributed by atoms with Crippen molar-refractivity contribution >= 4 is 0 Å². The maximum Gasteiger partial charge on any atom is 0.119 e. The van der Waals surface area contributed by atoms with Gasteiger partial charge in [0.25, 0.3) is 0 Å². The molecule has 1 aromatic carbocycles. The van der Waals surface area contributed by atoms with Crippen LogP contribution in [0.25, 0.3) is 0 Å². The zero-order valence-electron chi connectivity index (χ0n) is 12.8. The zero-order chi connectivity index (χ0) is 14.1. The van der Waals surface area contributed by atoms with Crippen LogP contribution in [0.1, 0.15) is 25.8 Å². The summed E-state index contributed by atoms with van der Waals surface area (Å²) in [5.41, 5.74) is 1.26. The molecule has 0 aliphatic heterocycles. The first kappa shape index (κ1) is 16.0. The van der Waals surface area contributed by atoms with E-state index in [0.29, 0.717) is 0 Å². The van der Waals surface area contributed by atoms with E-state index in [-0.39, 0.29) is 0 Å². The minimum atomic E-state index is 0.746. The van der Waals surface area contributed by atoms with Crippen molar-refractivity contribution in [1.82, 2.24) is 10.2 Å². The molecule has 108 valence electrons. The lowest BCUT2D eigenvalue weighted by molar-refractivity contribution is 0.217. The Morgan fingerprint density at radius 2 is 2.16 bits per heavy atom. The molecule has 1 unspecified atom stereocenters. The van der Waals surface area contributed by atoms with Crippen molar-refractivity contribution in [3.05, 3.63) is 29.8 Å². The molecule has 0 saturated carbocycles. The van der Waals surface area contributed by atoms with Crippen LogP contribution in [0.5, 0.6) is 5.75 Å². The van der Waals surface area contributed by atoms with Crippen LogP contribution in [-0.2, 0) is 6.54 Å². The van der Waals surface area contributed by atoms with E-state index in [1.54, 1.807) is 0 Å². The van der Waals surface area contributed by atoms with Gasteiger partial charge in [-0.1, -0.05) is 32.4 Å². The Balaban J connectivity index is 2.30. The van der Waals surface area contributed by atoms with Crippen molar-refractivity contribution in [2.45, 2.75) is 26.8 Å². The van der Waals surface area contributed by atoms with Crippen LogP contribution in [0.2, 0.25) is 0 Å². The third-order valence-corrected chi connectivity index (χ3v) is 3.34. The maximum absolute atomic E-state index is 5.81. The predicted octanol–water partition coefficient (Wildman–Crippen LogP) is 2.76. The molecule has 0 heterocycles. The molecule has 0 bridgehead atoms. The van der Waals surface area contributed by atoms with Crippen LogP contribution in [0.3, 0.4) is 0 Å². The summed E-state index contributed by atoms with van der Waals surface area (Å²) in [5, 5.41) is 3.15. The largest absolute Gasteiger partial charge is 0.492 e. The Kier molecular flexibility index (Phi) is 7.53. The first-order valence-corrected chi connectivity index (χ1v) is 7.20. The molecular weight excluding hydrogens is 236 g/mol. The number of likely N-dealkylation sites (N-methyl/N-ethyl adjacent to an activating group) is 1. The fraction of sp³-hybridized carbons (Fsp3) is 0.625. The van der Waals surface area contributed by atoms with Gasteiger partial charge in [0, 0.05) is 19.6 Å². The van der Waals surface area contributed by atoms with Crippen LogP contribution in [-0.4, -0.2) is 38.7 Å². The number of nitrogens with one attached hydrogen (secondary N) is 1. The van der Waals surface area contributed by atoms with E-state index in [1.807, 2.05) is 19.2 Å². The molecule has 3 heteroatoms. The molecule has 3 nitrogen and oxygen atoms in total. The van der Waals surface area contributed by atoms with Gasteiger partial charge in [-0.2, -0.15) is 0 Å². The fourth-order valence-corrected chi connectivity index (χ4v) is 2.02. The minimum Gasteiger partial charge on any atom is -0.492 e. The maximum atomic E-state index is 5.81. The minimum absolute atomic E-state index is 0.746. The van der Waals surface area contributed by atoms with E-state index in [2.05, 4.69) is 43.2 Å². The van der Waals surface area contributed by atoms with Gasteiger partial charge in [0.2, 0.25) is 0 Å². The summed E-state index contributed by atoms with van der Waals surface area (Å²) in [6, 6.07) is 8.28. The summed E-state index contributed by atoms with van der Waals surface area (Å²) >= 11 is 0. The molecule has 19 heavy (non-hydrogen) atoms. The van der Waals surface area contributed by atoms with Gasteiger partial charge in [0.15, 0.2) is 0 Å². The lowest BCUT2D eigenvalue weighted by atomic mass is 10.1. The quantitative estimate of drug-likeness (QED) is 0.742. The van der Waals surface area contributed by atoms with E-state index in [1.165, 1.54) is 12.0 Å². The van der Waals surface area contributed by atoms with E-state index in [9.17, 15) is 0 Å². The average Bonchev–Trinajstić information content (AvgIpc) is 2.39. The summed E-state index contributed by atoms with van der Waals surface area (Å²) in [6.07, 6.45) is 1.23. The molecule has 0 amide bonds. The van der Waals surface area contributed by atoms with E-state index in [0.717, 1.165) is 37.9 Å². The van der Waals surface area contributed by atoms with Crippen molar-refractivity contribution in [1.29, 1.82) is 0 Å². The molecule has 0 radical (unpaired) electrons. The summed E-state index contributed by atoms with van der Waals surface area (Å²) < 4.78 is 5.81. The highest BCUT2D eigenvalue weighted by atomic mass is 16.5. The summed E-state index contributed by atoms with van der Waals surface area (Å²) in [5.74, 6) is 1.72. The van der Waals surface area contributed by atoms with Crippen LogP contribution in [0, 0.1) is 5.92 Å². The Bertz CT molecular complexity index is 354. The van der Waals surface area contributed by atoms with Crippen molar-refractivity contribution in [3.63, 3.8) is 0 Å². The van der Waals surface area contributed by atoms with Gasteiger partial charge in [0.1, 0.15) is 12.4 Å². The molecule has 0 saturated heterocycles. The molecule has 0 fully saturated rings. The van der Waals surface area contributed by atoms with Gasteiger partial charge < -0.3 is 15.0 Å². The van der Waals surface area contributed by atoms with Crippen LogP contribution < -0.4 is 10.1 Å². The van der Waals surface area contributed by atoms with Gasteiger partial charge in [-0.15, -0.1) is 0 Å². The number of benzene rings is 1. The normalized spacial score (nSPS) is 12.7. The highest BCUT2D eigenvalue weighted by Crippen LogP contribution is 2.13. The number of nitrogens with zero attached hydrogens (tertiary/aromatic N) is 1. The van der Waals surface area contributed by atoms with E-state index in [4.69, 9.17) is 4.74 Å². The molecule has 1 aromatic rings. The SMILES string of the molecule is CCC(C)CN(C)CCOc1cccc(CNC)c1. The second-order valence-electron chi connectivity index (χ2n) is 5.30. The van der Waals surface area contributed by atoms with Crippen LogP contribution >= 0.6 is 0 Å². The lowest BCUT2D eigenvalue weighted by Crippen LogP contribution is -2.28. The predicted molar refractivity (Wildman–Crippen MR) is 81.7 cm³/mol. The van der Waals surface area contributed by atoms with E-state index < -0.39 is 0 Å². The molecule has 0 aliphatic carbocycles. The molecule has 0 spiro atoms. The topological polar surface area (TPSA) is 24.5 Å². The van der Waals surface area contributed by atoms with Crippen molar-refractivity contribution in [2.24, 2.45) is 5.92 Å². The third-order valence-electron chi connectivity index (χ3n) is 3.34. The number of hydrogen-bond acceptors (Lipinski definition) is 3. The van der Waals surface area contributed by atoms with Gasteiger partial charge in [-0.3, -0.25) is 0 Å².